The summed E-state index contributed by atoms with van der Waals surface area (Å²) in [4.78, 5) is 37.3. The second-order valence-corrected chi connectivity index (χ2v) is 7.53. The molecular weight excluding hydrogens is 330 g/mol. The maximum Gasteiger partial charge on any atom is 0.417 e. The number of alkyl halides is 1. The average Bonchev–Trinajstić information content (AvgIpc) is 2.55. The number of hydrogen-bond acceptors (Lipinski definition) is 5. The quantitative estimate of drug-likeness (QED) is 0.490. The molecule has 0 aromatic carbocycles. The Balaban J connectivity index is 1.92. The summed E-state index contributed by atoms with van der Waals surface area (Å²) < 4.78 is 10.6. The molecule has 20 heavy (non-hydrogen) atoms. The van der Waals surface area contributed by atoms with Gasteiger partial charge in [-0.3, -0.25) is 9.59 Å². The van der Waals surface area contributed by atoms with E-state index in [1.165, 1.54) is 0 Å². The van der Waals surface area contributed by atoms with Gasteiger partial charge in [-0.25, -0.2) is 9.69 Å². The third kappa shape index (κ3) is 1.86. The molecule has 0 radical (unpaired) electrons. The molecule has 0 aromatic rings. The van der Waals surface area contributed by atoms with Crippen LogP contribution in [0, 0.1) is 11.8 Å². The minimum atomic E-state index is -0.690. The van der Waals surface area contributed by atoms with Crippen molar-refractivity contribution in [2.24, 2.45) is 11.8 Å². The fourth-order valence-electron chi connectivity index (χ4n) is 3.19. The lowest BCUT2D eigenvalue weighted by Crippen LogP contribution is -2.66. The second-order valence-electron chi connectivity index (χ2n) is 6.47. The lowest BCUT2D eigenvalue weighted by molar-refractivity contribution is -0.150. The molecule has 4 aliphatic rings. The third-order valence-corrected chi connectivity index (χ3v) is 5.11. The van der Waals surface area contributed by atoms with E-state index in [1.54, 1.807) is 20.8 Å². The van der Waals surface area contributed by atoms with Gasteiger partial charge in [-0.05, 0) is 27.2 Å². The van der Waals surface area contributed by atoms with Crippen molar-refractivity contribution in [2.45, 2.75) is 49.8 Å². The summed E-state index contributed by atoms with van der Waals surface area (Å²) >= 11 is 3.43. The highest BCUT2D eigenvalue weighted by molar-refractivity contribution is 9.09. The molecule has 0 spiro atoms. The Morgan fingerprint density at radius 3 is 2.60 bits per heavy atom. The lowest BCUT2D eigenvalue weighted by atomic mass is 9.72. The maximum absolute atomic E-state index is 12.4. The molecule has 4 bridgehead atoms. The molecule has 1 aliphatic carbocycles. The first-order valence-corrected chi connectivity index (χ1v) is 7.53. The Kier molecular flexibility index (Phi) is 2.90. The number of carbonyl (C=O) groups excluding carboxylic acids is 3. The molecule has 3 saturated heterocycles. The molecule has 0 unspecified atom stereocenters. The first-order valence-electron chi connectivity index (χ1n) is 6.61. The number of carbonyl (C=O) groups is 3. The number of nitrogens with zero attached hydrogens (tertiary/aromatic N) is 1. The zero-order chi connectivity index (χ0) is 14.8. The van der Waals surface area contributed by atoms with Gasteiger partial charge in [0.25, 0.3) is 0 Å². The predicted molar refractivity (Wildman–Crippen MR) is 71.1 cm³/mol. The molecule has 4 rings (SSSR count). The first kappa shape index (κ1) is 13.9. The molecule has 1 saturated carbocycles. The van der Waals surface area contributed by atoms with Gasteiger partial charge in [0.05, 0.1) is 22.7 Å². The largest absolute Gasteiger partial charge is 0.459 e. The fourth-order valence-corrected chi connectivity index (χ4v) is 4.06. The van der Waals surface area contributed by atoms with E-state index in [2.05, 4.69) is 15.9 Å². The standard InChI is InChI=1S/C13H16BrNO5/c1-13(2,3)20-12(18)15-8-6-4-5(10(15)16)7(14)9(8)19-11(6)17/h5-9H,4H2,1-3H3/t5-,6-,7-,8+,9+/m0/s1. The van der Waals surface area contributed by atoms with Crippen molar-refractivity contribution in [1.29, 1.82) is 0 Å². The third-order valence-electron chi connectivity index (χ3n) is 3.95. The monoisotopic (exact) mass is 345 g/mol. The Bertz CT molecular complexity index is 499. The van der Waals surface area contributed by atoms with Crippen LogP contribution in [0.1, 0.15) is 27.2 Å². The van der Waals surface area contributed by atoms with E-state index in [-0.39, 0.29) is 16.7 Å². The van der Waals surface area contributed by atoms with Gasteiger partial charge in [-0.1, -0.05) is 15.9 Å². The summed E-state index contributed by atoms with van der Waals surface area (Å²) in [7, 11) is 0. The minimum absolute atomic E-state index is 0.221. The van der Waals surface area contributed by atoms with Crippen LogP contribution in [0.4, 0.5) is 4.79 Å². The number of fused-ring (bicyclic) bond motifs is 1. The van der Waals surface area contributed by atoms with Crippen LogP contribution in [0.2, 0.25) is 0 Å². The smallest absolute Gasteiger partial charge is 0.417 e. The van der Waals surface area contributed by atoms with Crippen molar-refractivity contribution in [3.63, 3.8) is 0 Å². The van der Waals surface area contributed by atoms with Crippen LogP contribution in [0.25, 0.3) is 0 Å². The molecule has 3 aliphatic heterocycles. The van der Waals surface area contributed by atoms with Crippen LogP contribution in [0.3, 0.4) is 0 Å². The summed E-state index contributed by atoms with van der Waals surface area (Å²) in [5.74, 6) is -1.43. The Labute approximate surface area is 124 Å². The van der Waals surface area contributed by atoms with Crippen molar-refractivity contribution < 1.29 is 23.9 Å². The Morgan fingerprint density at radius 2 is 2.00 bits per heavy atom. The average molecular weight is 346 g/mol. The lowest BCUT2D eigenvalue weighted by Gasteiger charge is -2.47. The van der Waals surface area contributed by atoms with Gasteiger partial charge in [-0.15, -0.1) is 0 Å². The maximum atomic E-state index is 12.4. The number of hydrogen-bond donors (Lipinski definition) is 0. The van der Waals surface area contributed by atoms with Crippen molar-refractivity contribution >= 4 is 33.9 Å². The van der Waals surface area contributed by atoms with Gasteiger partial charge in [0.2, 0.25) is 5.91 Å². The van der Waals surface area contributed by atoms with Gasteiger partial charge >= 0.3 is 12.1 Å². The molecule has 4 fully saturated rings. The van der Waals surface area contributed by atoms with E-state index in [0.717, 1.165) is 4.90 Å². The zero-order valence-corrected chi connectivity index (χ0v) is 13.0. The van der Waals surface area contributed by atoms with Gasteiger partial charge in [0.1, 0.15) is 11.7 Å². The second kappa shape index (κ2) is 4.19. The van der Waals surface area contributed by atoms with E-state index in [4.69, 9.17) is 9.47 Å². The summed E-state index contributed by atoms with van der Waals surface area (Å²) in [5, 5.41) is 0. The van der Waals surface area contributed by atoms with E-state index < -0.39 is 35.7 Å². The van der Waals surface area contributed by atoms with Crippen LogP contribution in [-0.4, -0.2) is 45.4 Å². The summed E-state index contributed by atoms with van der Waals surface area (Å²) in [6.07, 6.45) is -0.713. The number of esters is 1. The predicted octanol–water partition coefficient (Wildman–Crippen LogP) is 1.46. The number of ether oxygens (including phenoxy) is 2. The molecule has 6 nitrogen and oxygen atoms in total. The SMILES string of the molecule is CC(C)(C)OC(=O)N1C(=O)[C@H]2C[C@@H]3C(=O)O[C@H]([C@H]2Br)[C@@H]31. The van der Waals surface area contributed by atoms with Crippen LogP contribution in [0.15, 0.2) is 0 Å². The Hall–Kier alpha value is -1.11. The highest BCUT2D eigenvalue weighted by Gasteiger charge is 2.66. The van der Waals surface area contributed by atoms with Crippen molar-refractivity contribution in [2.75, 3.05) is 0 Å². The summed E-state index contributed by atoms with van der Waals surface area (Å²) in [5.41, 5.74) is -0.689. The molecule has 0 N–H and O–H groups in total. The van der Waals surface area contributed by atoms with E-state index in [0.29, 0.717) is 6.42 Å². The number of halogens is 1. The highest BCUT2D eigenvalue weighted by Crippen LogP contribution is 2.49. The van der Waals surface area contributed by atoms with Gasteiger partial charge in [-0.2, -0.15) is 0 Å². The minimum Gasteiger partial charge on any atom is -0.459 e. The van der Waals surface area contributed by atoms with E-state index in [9.17, 15) is 14.4 Å². The van der Waals surface area contributed by atoms with Crippen LogP contribution < -0.4 is 0 Å². The number of piperidine rings is 2. The number of rotatable bonds is 0. The van der Waals surface area contributed by atoms with E-state index in [1.807, 2.05) is 0 Å². The summed E-state index contributed by atoms with van der Waals surface area (Å²) in [6, 6.07) is -0.542. The normalized spacial score (nSPS) is 39.0. The van der Waals surface area contributed by atoms with Crippen LogP contribution in [-0.2, 0) is 19.1 Å². The zero-order valence-electron chi connectivity index (χ0n) is 11.5. The highest BCUT2D eigenvalue weighted by atomic mass is 79.9. The fraction of sp³-hybridized carbons (Fsp3) is 0.769. The van der Waals surface area contributed by atoms with Crippen molar-refractivity contribution in [3.05, 3.63) is 0 Å². The van der Waals surface area contributed by atoms with Gasteiger partial charge in [0, 0.05) is 0 Å². The molecule has 110 valence electrons. The van der Waals surface area contributed by atoms with Gasteiger partial charge < -0.3 is 9.47 Å². The van der Waals surface area contributed by atoms with E-state index >= 15 is 0 Å². The molecule has 3 heterocycles. The molecule has 2 amide bonds. The van der Waals surface area contributed by atoms with Crippen molar-refractivity contribution in [1.82, 2.24) is 4.90 Å². The Morgan fingerprint density at radius 1 is 1.35 bits per heavy atom. The first-order chi connectivity index (χ1) is 9.20. The van der Waals surface area contributed by atoms with Crippen molar-refractivity contribution in [3.8, 4) is 0 Å². The molecule has 7 heteroatoms. The number of amides is 2. The molecule has 5 atom stereocenters. The van der Waals surface area contributed by atoms with Crippen LogP contribution >= 0.6 is 15.9 Å². The topological polar surface area (TPSA) is 72.9 Å². The number of imide groups is 1. The van der Waals surface area contributed by atoms with Crippen LogP contribution in [0.5, 0.6) is 0 Å². The molecular formula is C13H16BrNO5. The molecule has 0 aromatic heterocycles. The van der Waals surface area contributed by atoms with Gasteiger partial charge in [0.15, 0.2) is 0 Å². The summed E-state index contributed by atoms with van der Waals surface area (Å²) in [6.45, 7) is 5.21.